The number of hydrogen-bond acceptors (Lipinski definition) is 4. The van der Waals surface area contributed by atoms with Gasteiger partial charge in [-0.1, -0.05) is 31.5 Å². The highest BCUT2D eigenvalue weighted by Gasteiger charge is 2.29. The summed E-state index contributed by atoms with van der Waals surface area (Å²) in [6.45, 7) is 8.67. The lowest BCUT2D eigenvalue weighted by atomic mass is 10.1. The van der Waals surface area contributed by atoms with E-state index in [1.807, 2.05) is 36.1 Å². The number of hydrogen-bond donors (Lipinski definition) is 0. The normalized spacial score (nSPS) is 17.0. The molecule has 3 rings (SSSR count). The van der Waals surface area contributed by atoms with Crippen LogP contribution in [0.25, 0.3) is 0 Å². The van der Waals surface area contributed by atoms with Gasteiger partial charge in [0.2, 0.25) is 0 Å². The van der Waals surface area contributed by atoms with Gasteiger partial charge in [0.1, 0.15) is 0 Å². The van der Waals surface area contributed by atoms with Crippen molar-refractivity contribution >= 4 is 11.8 Å². The van der Waals surface area contributed by atoms with E-state index in [1.165, 1.54) is 6.26 Å². The Hall–Kier alpha value is -2.60. The summed E-state index contributed by atoms with van der Waals surface area (Å²) in [6, 6.07) is 11.0. The zero-order valence-electron chi connectivity index (χ0n) is 16.8. The minimum Gasteiger partial charge on any atom is -0.459 e. The molecule has 0 bridgehead atoms. The van der Waals surface area contributed by atoms with Gasteiger partial charge in [0.15, 0.2) is 5.76 Å². The summed E-state index contributed by atoms with van der Waals surface area (Å²) in [5.41, 5.74) is 1.79. The lowest BCUT2D eigenvalue weighted by molar-refractivity contribution is -0.0347. The van der Waals surface area contributed by atoms with Crippen molar-refractivity contribution in [2.45, 2.75) is 26.9 Å². The number of amides is 2. The Bertz CT molecular complexity index is 783. The average Bonchev–Trinajstić information content (AvgIpc) is 3.21. The maximum Gasteiger partial charge on any atom is 0.289 e. The zero-order valence-corrected chi connectivity index (χ0v) is 16.8. The number of ether oxygens (including phenoxy) is 1. The Morgan fingerprint density at radius 3 is 2.61 bits per heavy atom. The fraction of sp³-hybridized carbons (Fsp3) is 0.455. The summed E-state index contributed by atoms with van der Waals surface area (Å²) in [7, 11) is 0. The van der Waals surface area contributed by atoms with Gasteiger partial charge in [0.05, 0.1) is 19.0 Å². The number of carbonyl (C=O) groups is 2. The van der Waals surface area contributed by atoms with E-state index in [2.05, 4.69) is 13.8 Å². The van der Waals surface area contributed by atoms with E-state index in [1.54, 1.807) is 17.0 Å². The number of furan rings is 1. The molecule has 1 fully saturated rings. The van der Waals surface area contributed by atoms with E-state index in [0.717, 1.165) is 5.56 Å². The number of rotatable bonds is 6. The molecule has 2 heterocycles. The van der Waals surface area contributed by atoms with E-state index in [0.29, 0.717) is 50.0 Å². The Morgan fingerprint density at radius 1 is 1.21 bits per heavy atom. The second kappa shape index (κ2) is 9.06. The van der Waals surface area contributed by atoms with Crippen LogP contribution in [0.15, 0.2) is 47.1 Å². The molecule has 0 spiro atoms. The van der Waals surface area contributed by atoms with Crippen LogP contribution < -0.4 is 0 Å². The first kappa shape index (κ1) is 20.1. The van der Waals surface area contributed by atoms with Crippen molar-refractivity contribution in [3.63, 3.8) is 0 Å². The third kappa shape index (κ3) is 5.01. The SMILES string of the molecule is Cc1ccc(C(=O)N(CC(C)C)C[C@@H]2CN(C(=O)c3ccco3)CCO2)cc1. The van der Waals surface area contributed by atoms with Crippen molar-refractivity contribution in [3.05, 3.63) is 59.5 Å². The standard InChI is InChI=1S/C22H28N2O4/c1-16(2)13-24(21(25)18-8-6-17(3)7-9-18)15-19-14-23(10-12-27-19)22(26)20-5-4-11-28-20/h4-9,11,16,19H,10,12-15H2,1-3H3/t19-/m0/s1. The molecule has 2 amide bonds. The first-order chi connectivity index (χ1) is 13.4. The maximum atomic E-state index is 13.0. The minimum atomic E-state index is -0.221. The van der Waals surface area contributed by atoms with Crippen molar-refractivity contribution in [3.8, 4) is 0 Å². The Labute approximate surface area is 166 Å². The quantitative estimate of drug-likeness (QED) is 0.767. The van der Waals surface area contributed by atoms with E-state index in [4.69, 9.17) is 9.15 Å². The summed E-state index contributed by atoms with van der Waals surface area (Å²) in [5, 5.41) is 0. The van der Waals surface area contributed by atoms with Crippen molar-refractivity contribution in [2.75, 3.05) is 32.8 Å². The molecule has 1 atom stereocenters. The van der Waals surface area contributed by atoms with Crippen LogP contribution in [0.4, 0.5) is 0 Å². The summed E-state index contributed by atoms with van der Waals surface area (Å²) >= 11 is 0. The molecule has 6 heteroatoms. The predicted octanol–water partition coefficient (Wildman–Crippen LogP) is 3.23. The molecule has 2 aromatic rings. The Morgan fingerprint density at radius 2 is 1.96 bits per heavy atom. The predicted molar refractivity (Wildman–Crippen MR) is 106 cm³/mol. The van der Waals surface area contributed by atoms with Crippen LogP contribution in [-0.2, 0) is 4.74 Å². The third-order valence-electron chi connectivity index (χ3n) is 4.75. The monoisotopic (exact) mass is 384 g/mol. The number of benzene rings is 1. The highest BCUT2D eigenvalue weighted by Crippen LogP contribution is 2.15. The molecule has 0 unspecified atom stereocenters. The molecule has 1 aliphatic heterocycles. The summed E-state index contributed by atoms with van der Waals surface area (Å²) in [5.74, 6) is 0.514. The largest absolute Gasteiger partial charge is 0.459 e. The molecule has 0 radical (unpaired) electrons. The van der Waals surface area contributed by atoms with Crippen LogP contribution in [0.3, 0.4) is 0 Å². The molecule has 1 aromatic heterocycles. The summed E-state index contributed by atoms with van der Waals surface area (Å²) in [4.78, 5) is 29.2. The topological polar surface area (TPSA) is 63.0 Å². The smallest absolute Gasteiger partial charge is 0.289 e. The molecular weight excluding hydrogens is 356 g/mol. The zero-order chi connectivity index (χ0) is 20.1. The van der Waals surface area contributed by atoms with Crippen LogP contribution in [-0.4, -0.2) is 60.5 Å². The summed E-state index contributed by atoms with van der Waals surface area (Å²) < 4.78 is 11.1. The van der Waals surface area contributed by atoms with E-state index in [-0.39, 0.29) is 17.9 Å². The Balaban J connectivity index is 1.68. The fourth-order valence-electron chi connectivity index (χ4n) is 3.38. The first-order valence-electron chi connectivity index (χ1n) is 9.74. The van der Waals surface area contributed by atoms with Gasteiger partial charge in [-0.25, -0.2) is 0 Å². The molecule has 0 aliphatic carbocycles. The Kier molecular flexibility index (Phi) is 6.52. The minimum absolute atomic E-state index is 0.00761. The first-order valence-corrected chi connectivity index (χ1v) is 9.74. The van der Waals surface area contributed by atoms with E-state index in [9.17, 15) is 9.59 Å². The lowest BCUT2D eigenvalue weighted by Crippen LogP contribution is -2.51. The summed E-state index contributed by atoms with van der Waals surface area (Å²) in [6.07, 6.45) is 1.27. The van der Waals surface area contributed by atoms with Gasteiger partial charge in [-0.2, -0.15) is 0 Å². The third-order valence-corrected chi connectivity index (χ3v) is 4.75. The molecule has 0 saturated carbocycles. The maximum absolute atomic E-state index is 13.0. The highest BCUT2D eigenvalue weighted by molar-refractivity contribution is 5.94. The van der Waals surface area contributed by atoms with Crippen LogP contribution in [0.1, 0.15) is 40.3 Å². The van der Waals surface area contributed by atoms with Gasteiger partial charge in [0.25, 0.3) is 11.8 Å². The molecule has 6 nitrogen and oxygen atoms in total. The fourth-order valence-corrected chi connectivity index (χ4v) is 3.38. The van der Waals surface area contributed by atoms with Gasteiger partial charge in [0, 0.05) is 31.7 Å². The van der Waals surface area contributed by atoms with Gasteiger partial charge < -0.3 is 19.0 Å². The lowest BCUT2D eigenvalue weighted by Gasteiger charge is -2.36. The van der Waals surface area contributed by atoms with Crippen molar-refractivity contribution in [1.29, 1.82) is 0 Å². The number of nitrogens with zero attached hydrogens (tertiary/aromatic N) is 2. The van der Waals surface area contributed by atoms with Gasteiger partial charge in [-0.3, -0.25) is 9.59 Å². The number of carbonyl (C=O) groups excluding carboxylic acids is 2. The van der Waals surface area contributed by atoms with Crippen molar-refractivity contribution in [1.82, 2.24) is 9.80 Å². The van der Waals surface area contributed by atoms with Crippen molar-refractivity contribution in [2.24, 2.45) is 5.92 Å². The van der Waals surface area contributed by atoms with Gasteiger partial charge in [-0.05, 0) is 37.1 Å². The molecular formula is C22H28N2O4. The molecule has 0 N–H and O–H groups in total. The second-order valence-electron chi connectivity index (χ2n) is 7.69. The van der Waals surface area contributed by atoms with Crippen LogP contribution in [0.5, 0.6) is 0 Å². The molecule has 1 aliphatic rings. The average molecular weight is 384 g/mol. The van der Waals surface area contributed by atoms with E-state index >= 15 is 0 Å². The van der Waals surface area contributed by atoms with Gasteiger partial charge >= 0.3 is 0 Å². The van der Waals surface area contributed by atoms with Gasteiger partial charge in [-0.15, -0.1) is 0 Å². The second-order valence-corrected chi connectivity index (χ2v) is 7.69. The molecule has 1 saturated heterocycles. The molecule has 28 heavy (non-hydrogen) atoms. The molecule has 150 valence electrons. The molecule has 1 aromatic carbocycles. The van der Waals surface area contributed by atoms with Crippen molar-refractivity contribution < 1.29 is 18.7 Å². The van der Waals surface area contributed by atoms with Crippen LogP contribution in [0, 0.1) is 12.8 Å². The van der Waals surface area contributed by atoms with Crippen LogP contribution >= 0.6 is 0 Å². The number of morpholine rings is 1. The number of aryl methyl sites for hydroxylation is 1. The van der Waals surface area contributed by atoms with Crippen LogP contribution in [0.2, 0.25) is 0 Å². The van der Waals surface area contributed by atoms with E-state index < -0.39 is 0 Å². The highest BCUT2D eigenvalue weighted by atomic mass is 16.5.